The number of halogens is 2. The fraction of sp³-hybridized carbons (Fsp3) is 0.588. The van der Waals surface area contributed by atoms with Gasteiger partial charge < -0.3 is 15.4 Å². The normalized spacial score (nSPS) is 20.7. The highest BCUT2D eigenvalue weighted by molar-refractivity contribution is 9.10. The van der Waals surface area contributed by atoms with E-state index in [1.807, 2.05) is 20.8 Å². The Morgan fingerprint density at radius 1 is 1.36 bits per heavy atom. The van der Waals surface area contributed by atoms with Crippen LogP contribution in [-0.2, 0) is 9.53 Å². The van der Waals surface area contributed by atoms with E-state index in [2.05, 4.69) is 31.5 Å². The summed E-state index contributed by atoms with van der Waals surface area (Å²) in [5.74, 6) is 0.172. The molecule has 1 saturated carbocycles. The average molecular weight is 433 g/mol. The van der Waals surface area contributed by atoms with Gasteiger partial charge in [-0.05, 0) is 62.0 Å². The number of hydrogen-bond acceptors (Lipinski definition) is 4. The molecule has 1 aliphatic rings. The molecular formula is C17H23BrClN3O3. The van der Waals surface area contributed by atoms with Crippen molar-refractivity contribution in [2.24, 2.45) is 5.92 Å². The third kappa shape index (κ3) is 6.47. The molecule has 1 fully saturated rings. The molecule has 2 N–H and O–H groups in total. The molecule has 0 bridgehead atoms. The zero-order chi connectivity index (χ0) is 18.6. The van der Waals surface area contributed by atoms with Crippen LogP contribution in [-0.4, -0.2) is 28.6 Å². The van der Waals surface area contributed by atoms with Gasteiger partial charge in [0.1, 0.15) is 11.4 Å². The molecule has 2 rings (SSSR count). The van der Waals surface area contributed by atoms with Gasteiger partial charge in [-0.3, -0.25) is 4.79 Å². The topological polar surface area (TPSA) is 80.3 Å². The number of ether oxygens (including phenoxy) is 1. The van der Waals surface area contributed by atoms with Crippen molar-refractivity contribution in [2.45, 2.75) is 58.1 Å². The van der Waals surface area contributed by atoms with Gasteiger partial charge in [-0.1, -0.05) is 18.0 Å². The summed E-state index contributed by atoms with van der Waals surface area (Å²) in [6, 6.07) is 1.60. The number of nitrogens with one attached hydrogen (secondary N) is 2. The van der Waals surface area contributed by atoms with Gasteiger partial charge in [0.2, 0.25) is 5.91 Å². The minimum Gasteiger partial charge on any atom is -0.444 e. The van der Waals surface area contributed by atoms with Gasteiger partial charge in [-0.25, -0.2) is 9.78 Å². The van der Waals surface area contributed by atoms with Gasteiger partial charge in [-0.15, -0.1) is 0 Å². The summed E-state index contributed by atoms with van der Waals surface area (Å²) in [4.78, 5) is 28.5. The molecule has 1 aliphatic carbocycles. The molecule has 2 amide bonds. The molecule has 0 unspecified atom stereocenters. The van der Waals surface area contributed by atoms with Crippen LogP contribution >= 0.6 is 27.5 Å². The minimum atomic E-state index is -0.539. The second kappa shape index (κ2) is 8.36. The van der Waals surface area contributed by atoms with Crippen LogP contribution in [0.4, 0.5) is 10.6 Å². The van der Waals surface area contributed by atoms with Gasteiger partial charge in [-0.2, -0.15) is 0 Å². The van der Waals surface area contributed by atoms with Crippen molar-refractivity contribution in [3.8, 4) is 0 Å². The molecule has 1 heterocycles. The average Bonchev–Trinajstić information content (AvgIpc) is 2.49. The first-order valence-electron chi connectivity index (χ1n) is 8.25. The van der Waals surface area contributed by atoms with Crippen molar-refractivity contribution in [2.75, 3.05) is 5.32 Å². The summed E-state index contributed by atoms with van der Waals surface area (Å²) < 4.78 is 5.95. The Morgan fingerprint density at radius 2 is 2.08 bits per heavy atom. The second-order valence-electron chi connectivity index (χ2n) is 7.18. The highest BCUT2D eigenvalue weighted by Gasteiger charge is 2.29. The van der Waals surface area contributed by atoms with Crippen LogP contribution in [0.3, 0.4) is 0 Å². The van der Waals surface area contributed by atoms with Crippen molar-refractivity contribution in [3.63, 3.8) is 0 Å². The maximum atomic E-state index is 12.5. The van der Waals surface area contributed by atoms with Crippen LogP contribution in [0.15, 0.2) is 16.7 Å². The third-order valence-electron chi connectivity index (χ3n) is 3.83. The van der Waals surface area contributed by atoms with Crippen molar-refractivity contribution >= 4 is 45.3 Å². The highest BCUT2D eigenvalue weighted by atomic mass is 79.9. The largest absolute Gasteiger partial charge is 0.444 e. The zero-order valence-corrected chi connectivity index (χ0v) is 16.9. The first-order chi connectivity index (χ1) is 11.6. The van der Waals surface area contributed by atoms with E-state index in [1.54, 1.807) is 6.07 Å². The van der Waals surface area contributed by atoms with E-state index in [0.717, 1.165) is 19.3 Å². The molecule has 25 heavy (non-hydrogen) atoms. The molecule has 0 saturated heterocycles. The number of pyridine rings is 1. The number of aromatic nitrogens is 1. The predicted octanol–water partition coefficient (Wildman–Crippen LogP) is 4.52. The first-order valence-corrected chi connectivity index (χ1v) is 9.42. The van der Waals surface area contributed by atoms with Gasteiger partial charge in [0.15, 0.2) is 0 Å². The van der Waals surface area contributed by atoms with E-state index in [1.165, 1.54) is 6.20 Å². The summed E-state index contributed by atoms with van der Waals surface area (Å²) >= 11 is 9.21. The summed E-state index contributed by atoms with van der Waals surface area (Å²) in [7, 11) is 0. The number of hydrogen-bond donors (Lipinski definition) is 2. The standard InChI is InChI=1S/C17H23BrClN3O3/c1-17(2,3)25-16(24)21-11-6-4-5-10(7-11)15(23)22-14-8-12(18)13(19)9-20-14/h8-11H,4-7H2,1-3H3,(H,21,24)(H,20,22,23)/t10-,11+/m0/s1. The SMILES string of the molecule is CC(C)(C)OC(=O)N[C@@H]1CCC[C@H](C(=O)Nc2cc(Br)c(Cl)cn2)C1. The third-order valence-corrected chi connectivity index (χ3v) is 5.01. The highest BCUT2D eigenvalue weighted by Crippen LogP contribution is 2.27. The molecule has 1 aromatic rings. The smallest absolute Gasteiger partial charge is 0.407 e. The summed E-state index contributed by atoms with van der Waals surface area (Å²) in [6.07, 6.45) is 4.12. The molecule has 0 spiro atoms. The van der Waals surface area contributed by atoms with E-state index in [0.29, 0.717) is 21.7 Å². The number of carbonyl (C=O) groups is 2. The van der Waals surface area contributed by atoms with E-state index in [-0.39, 0.29) is 17.9 Å². The van der Waals surface area contributed by atoms with Crippen molar-refractivity contribution in [1.29, 1.82) is 0 Å². The van der Waals surface area contributed by atoms with Gasteiger partial charge in [0.25, 0.3) is 0 Å². The fourth-order valence-electron chi connectivity index (χ4n) is 2.74. The Labute approximate surface area is 161 Å². The number of alkyl carbamates (subject to hydrolysis) is 1. The lowest BCUT2D eigenvalue weighted by Gasteiger charge is -2.30. The second-order valence-corrected chi connectivity index (χ2v) is 8.44. The molecule has 0 radical (unpaired) electrons. The number of nitrogens with zero attached hydrogens (tertiary/aromatic N) is 1. The zero-order valence-electron chi connectivity index (χ0n) is 14.6. The maximum absolute atomic E-state index is 12.5. The van der Waals surface area contributed by atoms with E-state index >= 15 is 0 Å². The Kier molecular flexibility index (Phi) is 6.68. The molecule has 1 aromatic heterocycles. The van der Waals surface area contributed by atoms with Crippen LogP contribution in [0.5, 0.6) is 0 Å². The van der Waals surface area contributed by atoms with Gasteiger partial charge in [0.05, 0.1) is 5.02 Å². The Hall–Kier alpha value is -1.34. The molecule has 138 valence electrons. The van der Waals surface area contributed by atoms with Crippen molar-refractivity contribution in [1.82, 2.24) is 10.3 Å². The Morgan fingerprint density at radius 3 is 2.72 bits per heavy atom. The molecule has 0 aliphatic heterocycles. The number of carbonyl (C=O) groups excluding carboxylic acids is 2. The van der Waals surface area contributed by atoms with Crippen LogP contribution in [0.2, 0.25) is 5.02 Å². The van der Waals surface area contributed by atoms with Crippen LogP contribution < -0.4 is 10.6 Å². The fourth-order valence-corrected chi connectivity index (χ4v) is 3.17. The molecule has 8 heteroatoms. The lowest BCUT2D eigenvalue weighted by molar-refractivity contribution is -0.121. The van der Waals surface area contributed by atoms with Crippen molar-refractivity contribution < 1.29 is 14.3 Å². The van der Waals surface area contributed by atoms with E-state index in [9.17, 15) is 9.59 Å². The minimum absolute atomic E-state index is 0.0655. The maximum Gasteiger partial charge on any atom is 0.407 e. The van der Waals surface area contributed by atoms with Gasteiger partial charge in [0, 0.05) is 22.6 Å². The summed E-state index contributed by atoms with van der Waals surface area (Å²) in [5.41, 5.74) is -0.539. The van der Waals surface area contributed by atoms with Gasteiger partial charge >= 0.3 is 6.09 Å². The van der Waals surface area contributed by atoms with Crippen LogP contribution in [0.25, 0.3) is 0 Å². The lowest BCUT2D eigenvalue weighted by Crippen LogP contribution is -2.43. The summed E-state index contributed by atoms with van der Waals surface area (Å²) in [5, 5.41) is 6.15. The van der Waals surface area contributed by atoms with E-state index < -0.39 is 11.7 Å². The van der Waals surface area contributed by atoms with Crippen molar-refractivity contribution in [3.05, 3.63) is 21.8 Å². The Balaban J connectivity index is 1.90. The molecule has 2 atom stereocenters. The summed E-state index contributed by atoms with van der Waals surface area (Å²) in [6.45, 7) is 5.46. The lowest BCUT2D eigenvalue weighted by atomic mass is 9.85. The molecular weight excluding hydrogens is 410 g/mol. The number of rotatable bonds is 3. The molecule has 0 aromatic carbocycles. The quantitative estimate of drug-likeness (QED) is 0.736. The Bertz CT molecular complexity index is 649. The first kappa shape index (κ1) is 20.0. The monoisotopic (exact) mass is 431 g/mol. The number of anilines is 1. The number of amides is 2. The van der Waals surface area contributed by atoms with E-state index in [4.69, 9.17) is 16.3 Å². The predicted molar refractivity (Wildman–Crippen MR) is 101 cm³/mol. The van der Waals surface area contributed by atoms with Crippen LogP contribution in [0.1, 0.15) is 46.5 Å². The molecule has 6 nitrogen and oxygen atoms in total. The van der Waals surface area contributed by atoms with Crippen LogP contribution in [0, 0.1) is 5.92 Å².